The fourth-order valence-electron chi connectivity index (χ4n) is 6.20. The van der Waals surface area contributed by atoms with Gasteiger partial charge in [0.1, 0.15) is 0 Å². The van der Waals surface area contributed by atoms with Crippen molar-refractivity contribution in [3.63, 3.8) is 0 Å². The molecule has 2 fully saturated rings. The highest BCUT2D eigenvalue weighted by Gasteiger charge is 2.42. The minimum Gasteiger partial charge on any atom is -0.338 e. The summed E-state index contributed by atoms with van der Waals surface area (Å²) in [6.45, 7) is 6.58. The summed E-state index contributed by atoms with van der Waals surface area (Å²) >= 11 is 0. The maximum atomic E-state index is 14.1. The number of sulfonamides is 1. The SMILES string of the molecule is CC(=O)Nc1ccc(S(=O)(=O)N2CCC(c3ccn4nc(C(F)(F)F)c(C(=O)N5CC(C)CC(C)C5)c4c3)CC2)cc1. The number of anilines is 1. The van der Waals surface area contributed by atoms with E-state index < -0.39 is 33.4 Å². The van der Waals surface area contributed by atoms with Gasteiger partial charge in [-0.05, 0) is 79.0 Å². The first-order valence-corrected chi connectivity index (χ1v) is 15.4. The number of fused-ring (bicyclic) bond motifs is 1. The predicted octanol–water partition coefficient (Wildman–Crippen LogP) is 5.00. The summed E-state index contributed by atoms with van der Waals surface area (Å²) in [5.74, 6) is -0.671. The molecule has 0 aliphatic carbocycles. The molecule has 2 atom stereocenters. The van der Waals surface area contributed by atoms with Gasteiger partial charge in [-0.25, -0.2) is 12.9 Å². The van der Waals surface area contributed by atoms with Crippen LogP contribution in [0.5, 0.6) is 0 Å². The van der Waals surface area contributed by atoms with Crippen LogP contribution in [0, 0.1) is 11.8 Å². The van der Waals surface area contributed by atoms with Gasteiger partial charge >= 0.3 is 6.18 Å². The highest BCUT2D eigenvalue weighted by molar-refractivity contribution is 7.89. The van der Waals surface area contributed by atoms with E-state index in [0.29, 0.717) is 31.6 Å². The second kappa shape index (κ2) is 11.3. The van der Waals surface area contributed by atoms with Gasteiger partial charge in [0, 0.05) is 45.0 Å². The van der Waals surface area contributed by atoms with Crippen molar-refractivity contribution in [1.82, 2.24) is 18.8 Å². The minimum absolute atomic E-state index is 0.102. The molecule has 2 aromatic heterocycles. The summed E-state index contributed by atoms with van der Waals surface area (Å²) in [7, 11) is -3.77. The number of hydrogen-bond donors (Lipinski definition) is 1. The van der Waals surface area contributed by atoms with Crippen molar-refractivity contribution in [3.05, 3.63) is 59.4 Å². The smallest absolute Gasteiger partial charge is 0.338 e. The fourth-order valence-corrected chi connectivity index (χ4v) is 7.67. The summed E-state index contributed by atoms with van der Waals surface area (Å²) in [4.78, 5) is 26.4. The van der Waals surface area contributed by atoms with Gasteiger partial charge in [-0.3, -0.25) is 9.59 Å². The zero-order valence-electron chi connectivity index (χ0n) is 23.7. The van der Waals surface area contributed by atoms with E-state index in [4.69, 9.17) is 0 Å². The van der Waals surface area contributed by atoms with Crippen molar-refractivity contribution in [1.29, 1.82) is 0 Å². The monoisotopic (exact) mass is 605 g/mol. The van der Waals surface area contributed by atoms with Crippen molar-refractivity contribution < 1.29 is 31.2 Å². The van der Waals surface area contributed by atoms with E-state index >= 15 is 0 Å². The molecular weight excluding hydrogens is 571 g/mol. The van der Waals surface area contributed by atoms with E-state index in [2.05, 4.69) is 10.4 Å². The summed E-state index contributed by atoms with van der Waals surface area (Å²) in [6, 6.07) is 9.24. The van der Waals surface area contributed by atoms with Gasteiger partial charge in [0.25, 0.3) is 5.91 Å². The molecule has 13 heteroatoms. The Labute approximate surface area is 242 Å². The molecule has 0 saturated carbocycles. The van der Waals surface area contributed by atoms with E-state index in [1.807, 2.05) is 13.8 Å². The molecule has 0 bridgehead atoms. The first kappa shape index (κ1) is 30.0. The number of hydrogen-bond acceptors (Lipinski definition) is 5. The van der Waals surface area contributed by atoms with Crippen LogP contribution in [0.2, 0.25) is 0 Å². The number of pyridine rings is 1. The zero-order chi connectivity index (χ0) is 30.4. The molecule has 9 nitrogen and oxygen atoms in total. The second-order valence-corrected chi connectivity index (χ2v) is 13.5. The molecule has 2 unspecified atom stereocenters. The zero-order valence-corrected chi connectivity index (χ0v) is 24.5. The van der Waals surface area contributed by atoms with Crippen LogP contribution in [0.3, 0.4) is 0 Å². The van der Waals surface area contributed by atoms with E-state index in [-0.39, 0.29) is 47.2 Å². The molecule has 5 rings (SSSR count). The number of carbonyl (C=O) groups excluding carboxylic acids is 2. The average Bonchev–Trinajstić information content (AvgIpc) is 3.32. The van der Waals surface area contributed by atoms with Gasteiger partial charge in [-0.15, -0.1) is 0 Å². The Morgan fingerprint density at radius 2 is 1.62 bits per heavy atom. The molecular formula is C29H34F3N5O4S. The summed E-state index contributed by atoms with van der Waals surface area (Å²) in [5, 5.41) is 6.36. The normalized spacial score (nSPS) is 21.0. The largest absolute Gasteiger partial charge is 0.436 e. The van der Waals surface area contributed by atoms with Gasteiger partial charge in [-0.2, -0.15) is 22.6 Å². The van der Waals surface area contributed by atoms with Crippen LogP contribution in [0.25, 0.3) is 5.52 Å². The molecule has 1 aromatic carbocycles. The summed E-state index contributed by atoms with van der Waals surface area (Å²) in [5.41, 5.74) is -0.298. The third-order valence-corrected chi connectivity index (χ3v) is 9.95. The van der Waals surface area contributed by atoms with Crippen LogP contribution in [0.1, 0.15) is 67.6 Å². The third-order valence-electron chi connectivity index (χ3n) is 8.04. The van der Waals surface area contributed by atoms with Crippen LogP contribution < -0.4 is 5.32 Å². The molecule has 2 saturated heterocycles. The van der Waals surface area contributed by atoms with E-state index in [0.717, 1.165) is 16.5 Å². The van der Waals surface area contributed by atoms with Crippen LogP contribution in [-0.4, -0.2) is 65.2 Å². The van der Waals surface area contributed by atoms with Gasteiger partial charge in [0.15, 0.2) is 5.69 Å². The first-order chi connectivity index (χ1) is 19.7. The van der Waals surface area contributed by atoms with Gasteiger partial charge in [0.05, 0.1) is 16.0 Å². The molecule has 42 heavy (non-hydrogen) atoms. The number of nitrogens with zero attached hydrogens (tertiary/aromatic N) is 4. The van der Waals surface area contributed by atoms with Crippen molar-refractivity contribution >= 4 is 33.0 Å². The molecule has 0 spiro atoms. The Morgan fingerprint density at radius 1 is 1.00 bits per heavy atom. The van der Waals surface area contributed by atoms with Crippen molar-refractivity contribution in [2.75, 3.05) is 31.5 Å². The van der Waals surface area contributed by atoms with Crippen LogP contribution in [0.4, 0.5) is 18.9 Å². The first-order valence-electron chi connectivity index (χ1n) is 14.0. The average molecular weight is 606 g/mol. The Kier molecular flexibility index (Phi) is 8.10. The van der Waals surface area contributed by atoms with Crippen LogP contribution in [0.15, 0.2) is 47.5 Å². The number of nitrogens with one attached hydrogen (secondary N) is 1. The number of carbonyl (C=O) groups is 2. The van der Waals surface area contributed by atoms with Crippen LogP contribution in [-0.2, 0) is 21.0 Å². The standard InChI is InChI=1S/C29H34F3N5O4S/c1-18-14-19(2)17-35(16-18)28(39)26-25-15-22(10-13-37(25)34-27(26)29(30,31)32)21-8-11-36(12-9-21)42(40,41)24-6-4-23(5-7-24)33-20(3)38/h4-7,10,13,15,18-19,21H,8-9,11-12,14,16-17H2,1-3H3,(H,33,38). The summed E-state index contributed by atoms with van der Waals surface area (Å²) in [6.07, 6.45) is -1.53. The van der Waals surface area contributed by atoms with Gasteiger partial charge in [-0.1, -0.05) is 13.8 Å². The molecule has 2 aliphatic rings. The highest BCUT2D eigenvalue weighted by atomic mass is 32.2. The Hall–Kier alpha value is -3.45. The lowest BCUT2D eigenvalue weighted by atomic mass is 9.90. The van der Waals surface area contributed by atoms with Crippen molar-refractivity contribution in [2.24, 2.45) is 11.8 Å². The lowest BCUT2D eigenvalue weighted by Crippen LogP contribution is -2.43. The number of rotatable bonds is 5. The minimum atomic E-state index is -4.80. The number of likely N-dealkylation sites (tertiary alicyclic amines) is 1. The number of halogens is 3. The Morgan fingerprint density at radius 3 is 2.19 bits per heavy atom. The molecule has 226 valence electrons. The van der Waals surface area contributed by atoms with Gasteiger partial charge in [0.2, 0.25) is 15.9 Å². The third kappa shape index (κ3) is 6.03. The predicted molar refractivity (Wildman–Crippen MR) is 151 cm³/mol. The molecule has 1 N–H and O–H groups in total. The molecule has 2 aliphatic heterocycles. The fraction of sp³-hybridized carbons (Fsp3) is 0.483. The van der Waals surface area contributed by atoms with Crippen molar-refractivity contribution in [2.45, 2.75) is 57.0 Å². The summed E-state index contributed by atoms with van der Waals surface area (Å²) < 4.78 is 71.2. The maximum Gasteiger partial charge on any atom is 0.436 e. The second-order valence-electron chi connectivity index (χ2n) is 11.6. The van der Waals surface area contributed by atoms with E-state index in [1.165, 1.54) is 46.6 Å². The lowest BCUT2D eigenvalue weighted by molar-refractivity contribution is -0.141. The topological polar surface area (TPSA) is 104 Å². The number of alkyl halides is 3. The Balaban J connectivity index is 1.38. The molecule has 2 amide bonds. The number of amides is 2. The Bertz CT molecular complexity index is 1590. The van der Waals surface area contributed by atoms with Crippen molar-refractivity contribution in [3.8, 4) is 0 Å². The quantitative estimate of drug-likeness (QED) is 0.441. The number of piperidine rings is 2. The van der Waals surface area contributed by atoms with E-state index in [9.17, 15) is 31.2 Å². The maximum absolute atomic E-state index is 14.1. The molecule has 3 aromatic rings. The molecule has 4 heterocycles. The lowest BCUT2D eigenvalue weighted by Gasteiger charge is -2.35. The van der Waals surface area contributed by atoms with Gasteiger partial charge < -0.3 is 10.2 Å². The highest BCUT2D eigenvalue weighted by Crippen LogP contribution is 2.37. The molecule has 0 radical (unpaired) electrons. The number of benzene rings is 1. The van der Waals surface area contributed by atoms with E-state index in [1.54, 1.807) is 12.1 Å². The van der Waals surface area contributed by atoms with Crippen LogP contribution >= 0.6 is 0 Å². The number of aromatic nitrogens is 2.